The summed E-state index contributed by atoms with van der Waals surface area (Å²) < 4.78 is 39.9. The molecule has 0 aliphatic carbocycles. The molecule has 0 aromatic heterocycles. The van der Waals surface area contributed by atoms with Gasteiger partial charge in [0, 0.05) is 31.1 Å². The maximum Gasteiger partial charge on any atom is 0.573 e. The molecule has 5 nitrogen and oxygen atoms in total. The normalized spacial score (nSPS) is 16.3. The van der Waals surface area contributed by atoms with Gasteiger partial charge in [-0.05, 0) is 37.6 Å². The van der Waals surface area contributed by atoms with E-state index < -0.39 is 12.3 Å². The second-order valence-corrected chi connectivity index (χ2v) is 5.39. The Labute approximate surface area is 131 Å². The van der Waals surface area contributed by atoms with Gasteiger partial charge in [0.25, 0.3) is 5.91 Å². The quantitative estimate of drug-likeness (QED) is 0.901. The molecule has 126 valence electrons. The van der Waals surface area contributed by atoms with E-state index in [1.54, 1.807) is 11.8 Å². The zero-order valence-corrected chi connectivity index (χ0v) is 12.5. The Bertz CT molecular complexity index is 572. The monoisotopic (exact) mass is 330 g/mol. The number of likely N-dealkylation sites (tertiary alicyclic amines) is 1. The van der Waals surface area contributed by atoms with Crippen molar-refractivity contribution in [3.63, 3.8) is 0 Å². The Morgan fingerprint density at radius 1 is 1.35 bits per heavy atom. The van der Waals surface area contributed by atoms with E-state index in [0.29, 0.717) is 19.5 Å². The van der Waals surface area contributed by atoms with Crippen LogP contribution in [-0.2, 0) is 4.79 Å². The van der Waals surface area contributed by atoms with Crippen molar-refractivity contribution in [1.82, 2.24) is 10.2 Å². The molecule has 0 radical (unpaired) electrons. The van der Waals surface area contributed by atoms with Crippen LogP contribution in [0.4, 0.5) is 13.2 Å². The second-order valence-electron chi connectivity index (χ2n) is 5.39. The summed E-state index contributed by atoms with van der Waals surface area (Å²) in [7, 11) is 0. The lowest BCUT2D eigenvalue weighted by molar-refractivity contribution is -0.274. The van der Waals surface area contributed by atoms with Crippen molar-refractivity contribution in [3.8, 4) is 5.75 Å². The first-order valence-corrected chi connectivity index (χ1v) is 7.19. The molecule has 23 heavy (non-hydrogen) atoms. The average molecular weight is 330 g/mol. The molecule has 2 rings (SSSR count). The zero-order valence-electron chi connectivity index (χ0n) is 12.5. The Kier molecular flexibility index (Phi) is 5.12. The molecule has 0 bridgehead atoms. The first-order chi connectivity index (χ1) is 10.7. The van der Waals surface area contributed by atoms with Gasteiger partial charge in [-0.15, -0.1) is 13.2 Å². The summed E-state index contributed by atoms with van der Waals surface area (Å²) in [5, 5.41) is 2.72. The van der Waals surface area contributed by atoms with Crippen LogP contribution >= 0.6 is 0 Å². The van der Waals surface area contributed by atoms with Gasteiger partial charge >= 0.3 is 6.36 Å². The number of ether oxygens (including phenoxy) is 1. The lowest BCUT2D eigenvalue weighted by Gasteiger charge is -2.21. The van der Waals surface area contributed by atoms with Gasteiger partial charge in [0.2, 0.25) is 5.91 Å². The molecular formula is C15H17F3N2O3. The van der Waals surface area contributed by atoms with E-state index in [4.69, 9.17) is 0 Å². The van der Waals surface area contributed by atoms with E-state index in [0.717, 1.165) is 18.6 Å². The van der Waals surface area contributed by atoms with Crippen LogP contribution in [-0.4, -0.2) is 42.2 Å². The number of nitrogens with zero attached hydrogens (tertiary/aromatic N) is 1. The third-order valence-corrected chi connectivity index (χ3v) is 3.39. The standard InChI is InChI=1S/C15H17F3N2O3/c1-10(9-20-8-2-3-13(20)21)19-14(22)11-4-6-12(7-5-11)23-15(16,17)18/h4-7,10H,2-3,8-9H2,1H3,(H,19,22). The average Bonchev–Trinajstić information content (AvgIpc) is 2.83. The number of rotatable bonds is 5. The van der Waals surface area contributed by atoms with Crippen LogP contribution in [0.1, 0.15) is 30.1 Å². The molecule has 1 N–H and O–H groups in total. The maximum absolute atomic E-state index is 12.1. The highest BCUT2D eigenvalue weighted by Gasteiger charge is 2.31. The largest absolute Gasteiger partial charge is 0.573 e. The molecule has 1 aromatic carbocycles. The van der Waals surface area contributed by atoms with Crippen molar-refractivity contribution >= 4 is 11.8 Å². The molecular weight excluding hydrogens is 313 g/mol. The van der Waals surface area contributed by atoms with Crippen molar-refractivity contribution in [2.45, 2.75) is 32.2 Å². The Hall–Kier alpha value is -2.25. The lowest BCUT2D eigenvalue weighted by atomic mass is 10.2. The summed E-state index contributed by atoms with van der Waals surface area (Å²) in [6.07, 6.45) is -3.41. The fourth-order valence-corrected chi connectivity index (χ4v) is 2.39. The number of halogens is 3. The lowest BCUT2D eigenvalue weighted by Crippen LogP contribution is -2.42. The molecule has 1 saturated heterocycles. The molecule has 1 unspecified atom stereocenters. The number of alkyl halides is 3. The molecule has 1 aliphatic heterocycles. The number of benzene rings is 1. The molecule has 1 aliphatic rings. The van der Waals surface area contributed by atoms with Gasteiger partial charge in [-0.3, -0.25) is 9.59 Å². The highest BCUT2D eigenvalue weighted by atomic mass is 19.4. The minimum Gasteiger partial charge on any atom is -0.406 e. The van der Waals surface area contributed by atoms with Crippen molar-refractivity contribution in [1.29, 1.82) is 0 Å². The smallest absolute Gasteiger partial charge is 0.406 e. The molecule has 2 amide bonds. The van der Waals surface area contributed by atoms with Crippen molar-refractivity contribution in [2.24, 2.45) is 0 Å². The van der Waals surface area contributed by atoms with Gasteiger partial charge in [0.1, 0.15) is 5.75 Å². The van der Waals surface area contributed by atoms with E-state index in [1.165, 1.54) is 12.1 Å². The number of hydrogen-bond acceptors (Lipinski definition) is 3. The second kappa shape index (κ2) is 6.89. The van der Waals surface area contributed by atoms with Gasteiger partial charge in [-0.2, -0.15) is 0 Å². The predicted molar refractivity (Wildman–Crippen MR) is 75.9 cm³/mol. The molecule has 8 heteroatoms. The number of carbonyl (C=O) groups excluding carboxylic acids is 2. The highest BCUT2D eigenvalue weighted by molar-refractivity contribution is 5.94. The molecule has 1 aromatic rings. The van der Waals surface area contributed by atoms with Gasteiger partial charge in [0.05, 0.1) is 0 Å². The van der Waals surface area contributed by atoms with Crippen LogP contribution in [0, 0.1) is 0 Å². The molecule has 0 saturated carbocycles. The van der Waals surface area contributed by atoms with Crippen LogP contribution in [0.3, 0.4) is 0 Å². The Balaban J connectivity index is 1.88. The number of nitrogens with one attached hydrogen (secondary N) is 1. The third kappa shape index (κ3) is 5.15. The molecule has 1 fully saturated rings. The van der Waals surface area contributed by atoms with E-state index in [9.17, 15) is 22.8 Å². The third-order valence-electron chi connectivity index (χ3n) is 3.39. The minimum atomic E-state index is -4.76. The fourth-order valence-electron chi connectivity index (χ4n) is 2.39. The topological polar surface area (TPSA) is 58.6 Å². The van der Waals surface area contributed by atoms with Gasteiger partial charge in [-0.1, -0.05) is 0 Å². The molecule has 1 heterocycles. The first kappa shape index (κ1) is 17.1. The van der Waals surface area contributed by atoms with Crippen LogP contribution < -0.4 is 10.1 Å². The molecule has 1 atom stereocenters. The first-order valence-electron chi connectivity index (χ1n) is 7.19. The van der Waals surface area contributed by atoms with Crippen molar-refractivity contribution in [3.05, 3.63) is 29.8 Å². The zero-order chi connectivity index (χ0) is 17.0. The SMILES string of the molecule is CC(CN1CCCC1=O)NC(=O)c1ccc(OC(F)(F)F)cc1. The number of carbonyl (C=O) groups is 2. The molecule has 0 spiro atoms. The van der Waals surface area contributed by atoms with Crippen LogP contribution in [0.25, 0.3) is 0 Å². The Morgan fingerprint density at radius 2 is 2.00 bits per heavy atom. The van der Waals surface area contributed by atoms with Crippen LogP contribution in [0.15, 0.2) is 24.3 Å². The summed E-state index contributed by atoms with van der Waals surface area (Å²) in [6.45, 7) is 2.87. The van der Waals surface area contributed by atoms with E-state index >= 15 is 0 Å². The van der Waals surface area contributed by atoms with Crippen molar-refractivity contribution < 1.29 is 27.5 Å². The predicted octanol–water partition coefficient (Wildman–Crippen LogP) is 2.33. The number of hydrogen-bond donors (Lipinski definition) is 1. The van der Waals surface area contributed by atoms with Gasteiger partial charge < -0.3 is 15.0 Å². The Morgan fingerprint density at radius 3 is 2.52 bits per heavy atom. The van der Waals surface area contributed by atoms with Gasteiger partial charge in [-0.25, -0.2) is 0 Å². The summed E-state index contributed by atoms with van der Waals surface area (Å²) in [4.78, 5) is 25.2. The van der Waals surface area contributed by atoms with Crippen molar-refractivity contribution in [2.75, 3.05) is 13.1 Å². The minimum absolute atomic E-state index is 0.0692. The van der Waals surface area contributed by atoms with E-state index in [-0.39, 0.29) is 23.3 Å². The summed E-state index contributed by atoms with van der Waals surface area (Å²) in [6, 6.07) is 4.42. The fraction of sp³-hybridized carbons (Fsp3) is 0.467. The van der Waals surface area contributed by atoms with E-state index in [1.807, 2.05) is 0 Å². The maximum atomic E-state index is 12.1. The number of amides is 2. The van der Waals surface area contributed by atoms with E-state index in [2.05, 4.69) is 10.1 Å². The highest BCUT2D eigenvalue weighted by Crippen LogP contribution is 2.22. The van der Waals surface area contributed by atoms with Crippen LogP contribution in [0.5, 0.6) is 5.75 Å². The summed E-state index contributed by atoms with van der Waals surface area (Å²) in [5.74, 6) is -0.729. The summed E-state index contributed by atoms with van der Waals surface area (Å²) in [5.41, 5.74) is 0.221. The summed E-state index contributed by atoms with van der Waals surface area (Å²) >= 11 is 0. The van der Waals surface area contributed by atoms with Gasteiger partial charge in [0.15, 0.2) is 0 Å². The van der Waals surface area contributed by atoms with Crippen LogP contribution in [0.2, 0.25) is 0 Å².